The molecule has 170 valence electrons. The summed E-state index contributed by atoms with van der Waals surface area (Å²) in [5.41, 5.74) is 4.72. The molecule has 0 unspecified atom stereocenters. The van der Waals surface area contributed by atoms with E-state index in [0.29, 0.717) is 21.6 Å². The van der Waals surface area contributed by atoms with Crippen molar-refractivity contribution < 1.29 is 4.79 Å². The summed E-state index contributed by atoms with van der Waals surface area (Å²) in [7, 11) is 0. The van der Waals surface area contributed by atoms with Crippen LogP contribution in [0.3, 0.4) is 0 Å². The maximum absolute atomic E-state index is 12.7. The molecule has 1 amide bonds. The second kappa shape index (κ2) is 9.66. The number of aryl methyl sites for hydroxylation is 1. The fraction of sp³-hybridized carbons (Fsp3) is 0.385. The molecule has 1 aliphatic rings. The van der Waals surface area contributed by atoms with E-state index in [4.69, 9.17) is 0 Å². The number of nitrogens with zero attached hydrogens (tertiary/aromatic N) is 3. The Morgan fingerprint density at radius 1 is 1.27 bits per heavy atom. The molecule has 1 N–H and O–H groups in total. The van der Waals surface area contributed by atoms with Crippen molar-refractivity contribution in [2.45, 2.75) is 52.1 Å². The topological polar surface area (TPSA) is 78.7 Å². The molecule has 4 rings (SSSR count). The summed E-state index contributed by atoms with van der Waals surface area (Å²) >= 11 is 2.87. The number of hydrogen-bond acceptors (Lipinski definition) is 6. The van der Waals surface area contributed by atoms with Crippen LogP contribution >= 0.6 is 23.1 Å². The number of benzene rings is 1. The molecule has 33 heavy (non-hydrogen) atoms. The lowest BCUT2D eigenvalue weighted by Crippen LogP contribution is -2.26. The fourth-order valence-corrected chi connectivity index (χ4v) is 6.18. The number of thiophene rings is 1. The largest absolute Gasteiger partial charge is 0.316 e. The van der Waals surface area contributed by atoms with Crippen LogP contribution < -0.4 is 5.32 Å². The summed E-state index contributed by atoms with van der Waals surface area (Å²) in [6, 6.07) is 14.2. The lowest BCUT2D eigenvalue weighted by atomic mass is 9.72. The number of aromatic nitrogens is 2. The Balaban J connectivity index is 1.45. The van der Waals surface area contributed by atoms with Crippen molar-refractivity contribution in [1.29, 1.82) is 5.26 Å². The van der Waals surface area contributed by atoms with Gasteiger partial charge in [0.2, 0.25) is 5.91 Å². The number of carbonyl (C=O) groups excluding carboxylic acids is 1. The van der Waals surface area contributed by atoms with Crippen LogP contribution in [0.4, 0.5) is 5.00 Å². The Morgan fingerprint density at radius 2 is 2.03 bits per heavy atom. The van der Waals surface area contributed by atoms with Crippen LogP contribution in [0.5, 0.6) is 0 Å². The molecule has 2 aromatic heterocycles. The molecule has 1 aliphatic carbocycles. The second-order valence-electron chi connectivity index (χ2n) is 9.51. The summed E-state index contributed by atoms with van der Waals surface area (Å²) in [6.07, 6.45) is 2.96. The smallest absolute Gasteiger partial charge is 0.235 e. The minimum absolute atomic E-state index is 0.145. The van der Waals surface area contributed by atoms with Gasteiger partial charge in [0.15, 0.2) is 5.16 Å². The molecule has 2 heterocycles. The Kier molecular flexibility index (Phi) is 6.87. The molecule has 0 saturated carbocycles. The van der Waals surface area contributed by atoms with Crippen molar-refractivity contribution in [2.24, 2.45) is 11.3 Å². The zero-order valence-electron chi connectivity index (χ0n) is 19.4. The van der Waals surface area contributed by atoms with E-state index in [9.17, 15) is 10.1 Å². The van der Waals surface area contributed by atoms with Crippen molar-refractivity contribution in [3.63, 3.8) is 0 Å². The predicted octanol–water partition coefficient (Wildman–Crippen LogP) is 6.27. The van der Waals surface area contributed by atoms with E-state index in [0.717, 1.165) is 41.8 Å². The molecule has 0 aliphatic heterocycles. The quantitative estimate of drug-likeness (QED) is 0.347. The molecule has 0 fully saturated rings. The van der Waals surface area contributed by atoms with Crippen LogP contribution in [-0.2, 0) is 17.6 Å². The zero-order chi connectivity index (χ0) is 23.6. The van der Waals surface area contributed by atoms with Gasteiger partial charge in [-0.2, -0.15) is 5.26 Å². The normalized spacial score (nSPS) is 15.5. The number of anilines is 1. The molecule has 3 aromatic rings. The van der Waals surface area contributed by atoms with Gasteiger partial charge in [-0.05, 0) is 49.1 Å². The molecule has 0 bridgehead atoms. The number of hydrogen-bond donors (Lipinski definition) is 1. The highest BCUT2D eigenvalue weighted by Gasteiger charge is 2.32. The number of fused-ring (bicyclic) bond motifs is 1. The monoisotopic (exact) mass is 476 g/mol. The number of carbonyl (C=O) groups is 1. The third-order valence-corrected chi connectivity index (χ3v) is 8.11. The van der Waals surface area contributed by atoms with Gasteiger partial charge in [0.25, 0.3) is 0 Å². The Morgan fingerprint density at radius 3 is 2.73 bits per heavy atom. The third kappa shape index (κ3) is 5.45. The molecular formula is C26H28N4OS2. The first-order chi connectivity index (χ1) is 15.7. The molecular weight excluding hydrogens is 448 g/mol. The lowest BCUT2D eigenvalue weighted by Gasteiger charge is -2.33. The Hall–Kier alpha value is -2.69. The van der Waals surface area contributed by atoms with Gasteiger partial charge >= 0.3 is 0 Å². The maximum atomic E-state index is 12.7. The highest BCUT2D eigenvalue weighted by atomic mass is 32.2. The van der Waals surface area contributed by atoms with E-state index in [1.807, 2.05) is 43.3 Å². The summed E-state index contributed by atoms with van der Waals surface area (Å²) < 4.78 is 0. The van der Waals surface area contributed by atoms with Crippen molar-refractivity contribution in [3.8, 4) is 17.3 Å². The minimum Gasteiger partial charge on any atom is -0.316 e. The van der Waals surface area contributed by atoms with Gasteiger partial charge in [-0.3, -0.25) is 4.79 Å². The Labute approximate surface area is 203 Å². The second-order valence-corrected chi connectivity index (χ2v) is 11.6. The number of nitrogens with one attached hydrogen (secondary N) is 1. The lowest BCUT2D eigenvalue weighted by molar-refractivity contribution is -0.113. The van der Waals surface area contributed by atoms with Crippen molar-refractivity contribution >= 4 is 34.0 Å². The highest BCUT2D eigenvalue weighted by molar-refractivity contribution is 7.99. The Bertz CT molecular complexity index is 1210. The SMILES string of the molecule is Cc1cc(-c2ccccc2)nc(SCC(=O)Nc2sc3c(c2C#N)CC[C@H](C(C)(C)C)C3)n1. The first-order valence-electron chi connectivity index (χ1n) is 11.1. The van der Waals surface area contributed by atoms with E-state index in [1.165, 1.54) is 16.6 Å². The number of rotatable bonds is 5. The average Bonchev–Trinajstić information content (AvgIpc) is 3.13. The average molecular weight is 477 g/mol. The molecule has 1 aromatic carbocycles. The number of nitriles is 1. The van der Waals surface area contributed by atoms with Gasteiger partial charge < -0.3 is 5.32 Å². The zero-order valence-corrected chi connectivity index (χ0v) is 21.1. The van der Waals surface area contributed by atoms with Crippen LogP contribution in [-0.4, -0.2) is 21.6 Å². The maximum Gasteiger partial charge on any atom is 0.235 e. The number of thioether (sulfide) groups is 1. The van der Waals surface area contributed by atoms with Gasteiger partial charge in [-0.25, -0.2) is 9.97 Å². The number of amides is 1. The van der Waals surface area contributed by atoms with Crippen molar-refractivity contribution in [2.75, 3.05) is 11.1 Å². The van der Waals surface area contributed by atoms with Gasteiger partial charge in [0, 0.05) is 16.1 Å². The minimum atomic E-state index is -0.145. The van der Waals surface area contributed by atoms with E-state index < -0.39 is 0 Å². The summed E-state index contributed by atoms with van der Waals surface area (Å²) in [5.74, 6) is 0.635. The highest BCUT2D eigenvalue weighted by Crippen LogP contribution is 2.44. The standard InChI is InChI=1S/C26H28N4OS2/c1-16-12-21(17-8-6-5-7-9-17)29-25(28-16)32-15-23(31)30-24-20(14-27)19-11-10-18(26(2,3)4)13-22(19)33-24/h5-9,12,18H,10-11,13,15H2,1-4H3,(H,30,31)/t18-/m0/s1. The van der Waals surface area contributed by atoms with Crippen LogP contribution in [0, 0.1) is 29.6 Å². The van der Waals surface area contributed by atoms with Crippen LogP contribution in [0.1, 0.15) is 48.9 Å². The van der Waals surface area contributed by atoms with E-state index in [1.54, 1.807) is 11.3 Å². The molecule has 1 atom stereocenters. The van der Waals surface area contributed by atoms with Crippen LogP contribution in [0.25, 0.3) is 11.3 Å². The van der Waals surface area contributed by atoms with E-state index in [2.05, 4.69) is 42.1 Å². The first kappa shape index (κ1) is 23.5. The predicted molar refractivity (Wildman–Crippen MR) is 136 cm³/mol. The summed E-state index contributed by atoms with van der Waals surface area (Å²) in [5, 5.41) is 14.0. The van der Waals surface area contributed by atoms with Gasteiger partial charge in [0.05, 0.1) is 17.0 Å². The molecule has 5 nitrogen and oxygen atoms in total. The van der Waals surface area contributed by atoms with E-state index in [-0.39, 0.29) is 17.1 Å². The molecule has 0 spiro atoms. The van der Waals surface area contributed by atoms with Crippen LogP contribution in [0.2, 0.25) is 0 Å². The third-order valence-electron chi connectivity index (χ3n) is 6.09. The first-order valence-corrected chi connectivity index (χ1v) is 12.9. The van der Waals surface area contributed by atoms with Crippen molar-refractivity contribution in [1.82, 2.24) is 9.97 Å². The van der Waals surface area contributed by atoms with Gasteiger partial charge in [0.1, 0.15) is 11.1 Å². The van der Waals surface area contributed by atoms with Crippen molar-refractivity contribution in [3.05, 3.63) is 58.1 Å². The molecule has 7 heteroatoms. The van der Waals surface area contributed by atoms with Gasteiger partial charge in [-0.15, -0.1) is 11.3 Å². The molecule has 0 radical (unpaired) electrons. The summed E-state index contributed by atoms with van der Waals surface area (Å²) in [4.78, 5) is 23.1. The molecule has 0 saturated heterocycles. The van der Waals surface area contributed by atoms with E-state index >= 15 is 0 Å². The summed E-state index contributed by atoms with van der Waals surface area (Å²) in [6.45, 7) is 8.76. The van der Waals surface area contributed by atoms with Gasteiger partial charge in [-0.1, -0.05) is 62.9 Å². The van der Waals surface area contributed by atoms with Crippen LogP contribution in [0.15, 0.2) is 41.6 Å². The fourth-order valence-electron chi connectivity index (χ4n) is 4.19.